The lowest BCUT2D eigenvalue weighted by molar-refractivity contribution is -0.141. The van der Waals surface area contributed by atoms with Crippen LogP contribution < -0.4 is 5.32 Å². The fourth-order valence-electron chi connectivity index (χ4n) is 3.37. The minimum absolute atomic E-state index is 0.121. The minimum atomic E-state index is -0.847. The molecule has 6 nitrogen and oxygen atoms in total. The maximum Gasteiger partial charge on any atom is 0.317 e. The number of aliphatic carboxylic acids is 1. The number of carboxylic acid groups (broad SMARTS) is 1. The molecule has 2 fully saturated rings. The van der Waals surface area contributed by atoms with Crippen molar-refractivity contribution in [2.24, 2.45) is 5.92 Å². The summed E-state index contributed by atoms with van der Waals surface area (Å²) in [6.45, 7) is 2.02. The molecule has 0 unspecified atom stereocenters. The summed E-state index contributed by atoms with van der Waals surface area (Å²) >= 11 is 0. The smallest absolute Gasteiger partial charge is 0.317 e. The van der Waals surface area contributed by atoms with Crippen LogP contribution in [0.2, 0.25) is 0 Å². The van der Waals surface area contributed by atoms with Gasteiger partial charge in [0, 0.05) is 38.3 Å². The van der Waals surface area contributed by atoms with Crippen molar-refractivity contribution in [3.63, 3.8) is 0 Å². The first-order chi connectivity index (χ1) is 11.1. The Morgan fingerprint density at radius 3 is 2.48 bits per heavy atom. The molecule has 2 aliphatic heterocycles. The number of likely N-dealkylation sites (tertiary alicyclic amines) is 1. The second-order valence-corrected chi connectivity index (χ2v) is 6.20. The second kappa shape index (κ2) is 7.00. The third-order valence-corrected chi connectivity index (χ3v) is 4.70. The van der Waals surface area contributed by atoms with Crippen molar-refractivity contribution in [3.05, 3.63) is 35.9 Å². The molecule has 0 aliphatic carbocycles. The molecule has 0 saturated carbocycles. The average molecular weight is 318 g/mol. The molecule has 3 rings (SSSR count). The van der Waals surface area contributed by atoms with E-state index >= 15 is 0 Å². The summed E-state index contributed by atoms with van der Waals surface area (Å²) in [5, 5.41) is 12.5. The van der Waals surface area contributed by atoms with Gasteiger partial charge in [0.05, 0.1) is 5.92 Å². The quantitative estimate of drug-likeness (QED) is 0.888. The van der Waals surface area contributed by atoms with E-state index in [-0.39, 0.29) is 24.5 Å². The number of nitrogens with zero attached hydrogens (tertiary/aromatic N) is 1. The van der Waals surface area contributed by atoms with E-state index in [9.17, 15) is 14.7 Å². The standard InChI is InChI=1S/C17H22N2O4/c20-16(21)15-11-19(10-14(15)12-4-2-1-3-5-12)17(22)18-13-6-8-23-9-7-13/h1-5,13-15H,6-11H2,(H,18,22)(H,20,21)/t14-,15+/m0/s1. The van der Waals surface area contributed by atoms with E-state index in [0.29, 0.717) is 19.8 Å². The van der Waals surface area contributed by atoms with Crippen LogP contribution in [0, 0.1) is 5.92 Å². The van der Waals surface area contributed by atoms with Crippen molar-refractivity contribution < 1.29 is 19.4 Å². The fraction of sp³-hybridized carbons (Fsp3) is 0.529. The Kier molecular flexibility index (Phi) is 4.81. The predicted octanol–water partition coefficient (Wildman–Crippen LogP) is 1.68. The number of ether oxygens (including phenoxy) is 1. The first kappa shape index (κ1) is 15.8. The normalized spacial score (nSPS) is 25.3. The number of amides is 2. The van der Waals surface area contributed by atoms with Gasteiger partial charge < -0.3 is 20.1 Å². The van der Waals surface area contributed by atoms with Gasteiger partial charge in [0.15, 0.2) is 0 Å². The van der Waals surface area contributed by atoms with Gasteiger partial charge in [-0.15, -0.1) is 0 Å². The van der Waals surface area contributed by atoms with Gasteiger partial charge in [0.2, 0.25) is 0 Å². The summed E-state index contributed by atoms with van der Waals surface area (Å²) in [6, 6.07) is 9.53. The summed E-state index contributed by atoms with van der Waals surface area (Å²) in [7, 11) is 0. The molecular formula is C17H22N2O4. The summed E-state index contributed by atoms with van der Waals surface area (Å²) in [6.07, 6.45) is 1.62. The maximum atomic E-state index is 12.4. The van der Waals surface area contributed by atoms with E-state index in [1.807, 2.05) is 30.3 Å². The molecule has 2 atom stereocenters. The Bertz CT molecular complexity index is 557. The largest absolute Gasteiger partial charge is 0.481 e. The molecule has 0 bridgehead atoms. The zero-order valence-electron chi connectivity index (χ0n) is 13.0. The van der Waals surface area contributed by atoms with Crippen molar-refractivity contribution in [1.82, 2.24) is 10.2 Å². The Balaban J connectivity index is 1.67. The third-order valence-electron chi connectivity index (χ3n) is 4.70. The van der Waals surface area contributed by atoms with Gasteiger partial charge >= 0.3 is 12.0 Å². The van der Waals surface area contributed by atoms with Crippen LogP contribution in [0.25, 0.3) is 0 Å². The summed E-state index contributed by atoms with van der Waals surface area (Å²) in [4.78, 5) is 25.6. The predicted molar refractivity (Wildman–Crippen MR) is 84.3 cm³/mol. The number of rotatable bonds is 3. The topological polar surface area (TPSA) is 78.9 Å². The first-order valence-electron chi connectivity index (χ1n) is 8.06. The molecule has 23 heavy (non-hydrogen) atoms. The van der Waals surface area contributed by atoms with E-state index in [1.54, 1.807) is 4.90 Å². The molecule has 2 N–H and O–H groups in total. The van der Waals surface area contributed by atoms with Crippen LogP contribution >= 0.6 is 0 Å². The minimum Gasteiger partial charge on any atom is -0.481 e. The zero-order valence-corrected chi connectivity index (χ0v) is 13.0. The zero-order chi connectivity index (χ0) is 16.2. The van der Waals surface area contributed by atoms with E-state index < -0.39 is 11.9 Å². The molecule has 1 aromatic carbocycles. The Hall–Kier alpha value is -2.08. The second-order valence-electron chi connectivity index (χ2n) is 6.20. The molecule has 0 aromatic heterocycles. The number of carbonyl (C=O) groups is 2. The maximum absolute atomic E-state index is 12.4. The average Bonchev–Trinajstić information content (AvgIpc) is 3.02. The van der Waals surface area contributed by atoms with Crippen molar-refractivity contribution in [2.45, 2.75) is 24.8 Å². The van der Waals surface area contributed by atoms with Crippen molar-refractivity contribution in [3.8, 4) is 0 Å². The third kappa shape index (κ3) is 3.64. The van der Waals surface area contributed by atoms with Crippen LogP contribution in [0.1, 0.15) is 24.3 Å². The lowest BCUT2D eigenvalue weighted by Gasteiger charge is -2.26. The molecule has 0 radical (unpaired) electrons. The molecular weight excluding hydrogens is 296 g/mol. The summed E-state index contributed by atoms with van der Waals surface area (Å²) in [5.41, 5.74) is 0.973. The number of urea groups is 1. The first-order valence-corrected chi connectivity index (χ1v) is 8.06. The lowest BCUT2D eigenvalue weighted by Crippen LogP contribution is -2.46. The fourth-order valence-corrected chi connectivity index (χ4v) is 3.37. The van der Waals surface area contributed by atoms with Gasteiger partial charge in [-0.25, -0.2) is 4.79 Å². The summed E-state index contributed by atoms with van der Waals surface area (Å²) in [5.74, 6) is -1.56. The van der Waals surface area contributed by atoms with Crippen LogP contribution in [0.5, 0.6) is 0 Å². The molecule has 2 heterocycles. The van der Waals surface area contributed by atoms with Crippen LogP contribution in [0.3, 0.4) is 0 Å². The molecule has 2 amide bonds. The molecule has 2 aliphatic rings. The van der Waals surface area contributed by atoms with Crippen molar-refractivity contribution >= 4 is 12.0 Å². The van der Waals surface area contributed by atoms with E-state index in [2.05, 4.69) is 5.32 Å². The van der Waals surface area contributed by atoms with Crippen molar-refractivity contribution in [1.29, 1.82) is 0 Å². The highest BCUT2D eigenvalue weighted by Crippen LogP contribution is 2.32. The number of carbonyl (C=O) groups excluding carboxylic acids is 1. The highest BCUT2D eigenvalue weighted by molar-refractivity contribution is 5.78. The van der Waals surface area contributed by atoms with Crippen LogP contribution in [-0.2, 0) is 9.53 Å². The SMILES string of the molecule is O=C(O)[C@@H]1CN(C(=O)NC2CCOCC2)C[C@H]1c1ccccc1. The van der Waals surface area contributed by atoms with Gasteiger partial charge in [0.25, 0.3) is 0 Å². The number of carboxylic acids is 1. The lowest BCUT2D eigenvalue weighted by atomic mass is 9.89. The van der Waals surface area contributed by atoms with Gasteiger partial charge in [-0.2, -0.15) is 0 Å². The highest BCUT2D eigenvalue weighted by Gasteiger charge is 2.40. The van der Waals surface area contributed by atoms with E-state index in [1.165, 1.54) is 0 Å². The Morgan fingerprint density at radius 1 is 1.13 bits per heavy atom. The Morgan fingerprint density at radius 2 is 1.83 bits per heavy atom. The van der Waals surface area contributed by atoms with Crippen LogP contribution in [-0.4, -0.2) is 54.4 Å². The summed E-state index contributed by atoms with van der Waals surface area (Å²) < 4.78 is 5.29. The molecule has 1 aromatic rings. The molecule has 124 valence electrons. The van der Waals surface area contributed by atoms with E-state index in [0.717, 1.165) is 18.4 Å². The number of nitrogens with one attached hydrogen (secondary N) is 1. The monoisotopic (exact) mass is 318 g/mol. The van der Waals surface area contributed by atoms with Gasteiger partial charge in [-0.1, -0.05) is 30.3 Å². The van der Waals surface area contributed by atoms with Gasteiger partial charge in [0.1, 0.15) is 0 Å². The molecule has 0 spiro atoms. The number of hydrogen-bond donors (Lipinski definition) is 2. The Labute approximate surface area is 135 Å². The highest BCUT2D eigenvalue weighted by atomic mass is 16.5. The van der Waals surface area contributed by atoms with Gasteiger partial charge in [-0.05, 0) is 18.4 Å². The van der Waals surface area contributed by atoms with E-state index in [4.69, 9.17) is 4.74 Å². The van der Waals surface area contributed by atoms with Crippen molar-refractivity contribution in [2.75, 3.05) is 26.3 Å². The van der Waals surface area contributed by atoms with Crippen LogP contribution in [0.4, 0.5) is 4.79 Å². The van der Waals surface area contributed by atoms with Crippen LogP contribution in [0.15, 0.2) is 30.3 Å². The molecule has 2 saturated heterocycles. The van der Waals surface area contributed by atoms with Gasteiger partial charge in [-0.3, -0.25) is 4.79 Å². The molecule has 6 heteroatoms. The number of benzene rings is 1. The number of hydrogen-bond acceptors (Lipinski definition) is 3.